The molecule has 0 spiro atoms. The van der Waals surface area contributed by atoms with Crippen molar-refractivity contribution in [3.8, 4) is 0 Å². The van der Waals surface area contributed by atoms with Crippen molar-refractivity contribution in [1.82, 2.24) is 4.98 Å². The van der Waals surface area contributed by atoms with Crippen LogP contribution < -0.4 is 11.1 Å². The number of anilines is 1. The van der Waals surface area contributed by atoms with Gasteiger partial charge in [0.2, 0.25) is 5.91 Å². The maximum absolute atomic E-state index is 10.7. The van der Waals surface area contributed by atoms with Crippen LogP contribution in [0, 0.1) is 17.0 Å². The van der Waals surface area contributed by atoms with Crippen LogP contribution in [0.5, 0.6) is 0 Å². The minimum atomic E-state index is -0.469. The van der Waals surface area contributed by atoms with Crippen molar-refractivity contribution in [3.63, 3.8) is 0 Å². The molecule has 1 heterocycles. The van der Waals surface area contributed by atoms with Crippen LogP contribution in [0.1, 0.15) is 24.8 Å². The van der Waals surface area contributed by atoms with Gasteiger partial charge < -0.3 is 11.1 Å². The molecule has 1 aromatic rings. The Hall–Kier alpha value is -1.70. The van der Waals surface area contributed by atoms with Gasteiger partial charge in [-0.05, 0) is 35.7 Å². The highest BCUT2D eigenvalue weighted by Gasteiger charge is 2.16. The van der Waals surface area contributed by atoms with Crippen molar-refractivity contribution in [1.29, 1.82) is 0 Å². The molecule has 0 fully saturated rings. The predicted molar refractivity (Wildman–Crippen MR) is 74.9 cm³/mol. The molecule has 0 atom stereocenters. The second-order valence-corrected chi connectivity index (χ2v) is 4.83. The van der Waals surface area contributed by atoms with Gasteiger partial charge in [-0.1, -0.05) is 0 Å². The highest BCUT2D eigenvalue weighted by Crippen LogP contribution is 2.30. The quantitative estimate of drug-likeness (QED) is 0.452. The molecule has 104 valence electrons. The number of aromatic nitrogens is 1. The third-order valence-corrected chi connectivity index (χ3v) is 3.55. The van der Waals surface area contributed by atoms with Crippen molar-refractivity contribution < 1.29 is 9.72 Å². The molecule has 0 saturated carbocycles. The second kappa shape index (κ2) is 7.03. The first-order valence-corrected chi connectivity index (χ1v) is 6.54. The zero-order chi connectivity index (χ0) is 14.4. The third kappa shape index (κ3) is 4.47. The molecule has 3 N–H and O–H groups in total. The lowest BCUT2D eigenvalue weighted by atomic mass is 10.2. The number of carbonyl (C=O) groups is 1. The summed E-state index contributed by atoms with van der Waals surface area (Å²) in [6, 6.07) is 0. The van der Waals surface area contributed by atoms with Crippen LogP contribution in [0.25, 0.3) is 0 Å². The molecular formula is C11H15BrN4O3. The van der Waals surface area contributed by atoms with E-state index in [4.69, 9.17) is 5.73 Å². The van der Waals surface area contributed by atoms with Crippen LogP contribution in [0.4, 0.5) is 11.5 Å². The summed E-state index contributed by atoms with van der Waals surface area (Å²) in [5.41, 5.74) is 5.54. The summed E-state index contributed by atoms with van der Waals surface area (Å²) >= 11 is 3.29. The van der Waals surface area contributed by atoms with Crippen LogP contribution in [-0.2, 0) is 4.79 Å². The molecule has 0 aliphatic heterocycles. The van der Waals surface area contributed by atoms with Crippen molar-refractivity contribution >= 4 is 33.3 Å². The molecular weight excluding hydrogens is 316 g/mol. The summed E-state index contributed by atoms with van der Waals surface area (Å²) < 4.78 is 0.580. The molecule has 0 unspecified atom stereocenters. The SMILES string of the molecule is Cc1c([N+](=O)[O-])cnc(NCCCCC(N)=O)c1Br. The topological polar surface area (TPSA) is 111 Å². The number of amides is 1. The van der Waals surface area contributed by atoms with E-state index in [0.29, 0.717) is 35.2 Å². The van der Waals surface area contributed by atoms with E-state index in [1.807, 2.05) is 0 Å². The van der Waals surface area contributed by atoms with Gasteiger partial charge in [-0.2, -0.15) is 0 Å². The van der Waals surface area contributed by atoms with Crippen molar-refractivity contribution in [2.45, 2.75) is 26.2 Å². The van der Waals surface area contributed by atoms with Gasteiger partial charge in [0.1, 0.15) is 12.0 Å². The number of halogens is 1. The Bertz CT molecular complexity index is 493. The number of primary amides is 1. The highest BCUT2D eigenvalue weighted by atomic mass is 79.9. The highest BCUT2D eigenvalue weighted by molar-refractivity contribution is 9.10. The Kier molecular flexibility index (Phi) is 5.68. The Labute approximate surface area is 118 Å². The molecule has 0 aliphatic carbocycles. The molecule has 8 heteroatoms. The van der Waals surface area contributed by atoms with Gasteiger partial charge in [-0.25, -0.2) is 4.98 Å². The van der Waals surface area contributed by atoms with E-state index in [9.17, 15) is 14.9 Å². The first-order valence-electron chi connectivity index (χ1n) is 5.75. The Balaban J connectivity index is 2.58. The van der Waals surface area contributed by atoms with E-state index in [2.05, 4.69) is 26.2 Å². The van der Waals surface area contributed by atoms with Crippen LogP contribution in [0.3, 0.4) is 0 Å². The number of nitrogens with one attached hydrogen (secondary N) is 1. The van der Waals surface area contributed by atoms with E-state index in [-0.39, 0.29) is 11.6 Å². The van der Waals surface area contributed by atoms with Gasteiger partial charge >= 0.3 is 0 Å². The van der Waals surface area contributed by atoms with Crippen LogP contribution in [-0.4, -0.2) is 22.4 Å². The largest absolute Gasteiger partial charge is 0.370 e. The fourth-order valence-corrected chi connectivity index (χ4v) is 1.95. The fraction of sp³-hybridized carbons (Fsp3) is 0.455. The minimum Gasteiger partial charge on any atom is -0.370 e. The summed E-state index contributed by atoms with van der Waals surface area (Å²) in [7, 11) is 0. The molecule has 1 aromatic heterocycles. The number of unbranched alkanes of at least 4 members (excludes halogenated alkanes) is 1. The number of nitrogens with zero attached hydrogens (tertiary/aromatic N) is 2. The first-order chi connectivity index (χ1) is 8.93. The predicted octanol–water partition coefficient (Wildman–Crippen LogP) is 2.13. The number of hydrogen-bond acceptors (Lipinski definition) is 5. The van der Waals surface area contributed by atoms with Crippen LogP contribution in [0.2, 0.25) is 0 Å². The number of carbonyl (C=O) groups excluding carboxylic acids is 1. The van der Waals surface area contributed by atoms with Crippen molar-refractivity contribution in [2.75, 3.05) is 11.9 Å². The second-order valence-electron chi connectivity index (χ2n) is 4.04. The molecule has 0 radical (unpaired) electrons. The minimum absolute atomic E-state index is 0.0221. The molecule has 0 bridgehead atoms. The Morgan fingerprint density at radius 1 is 1.58 bits per heavy atom. The van der Waals surface area contributed by atoms with Crippen LogP contribution in [0.15, 0.2) is 10.7 Å². The fourth-order valence-electron chi connectivity index (χ4n) is 1.51. The number of nitro groups is 1. The van der Waals surface area contributed by atoms with E-state index in [1.54, 1.807) is 6.92 Å². The first kappa shape index (κ1) is 15.4. The van der Waals surface area contributed by atoms with Gasteiger partial charge in [0.15, 0.2) is 0 Å². The van der Waals surface area contributed by atoms with Crippen molar-refractivity contribution in [2.24, 2.45) is 5.73 Å². The summed E-state index contributed by atoms with van der Waals surface area (Å²) in [6.07, 6.45) is 3.06. The number of pyridine rings is 1. The maximum Gasteiger partial charge on any atom is 0.291 e. The average molecular weight is 331 g/mol. The summed E-state index contributed by atoms with van der Waals surface area (Å²) in [5, 5.41) is 13.8. The standard InChI is InChI=1S/C11H15BrN4O3/c1-7-8(16(18)19)6-15-11(10(7)12)14-5-3-2-4-9(13)17/h6H,2-5H2,1H3,(H2,13,17)(H,14,15). The average Bonchev–Trinajstić information content (AvgIpc) is 2.33. The lowest BCUT2D eigenvalue weighted by Crippen LogP contribution is -2.11. The van der Waals surface area contributed by atoms with Gasteiger partial charge in [-0.15, -0.1) is 0 Å². The molecule has 1 amide bonds. The molecule has 0 aliphatic rings. The lowest BCUT2D eigenvalue weighted by Gasteiger charge is -2.09. The summed E-state index contributed by atoms with van der Waals surface area (Å²) in [6.45, 7) is 2.28. The molecule has 0 saturated heterocycles. The molecule has 1 rings (SSSR count). The smallest absolute Gasteiger partial charge is 0.291 e. The Morgan fingerprint density at radius 3 is 2.84 bits per heavy atom. The van der Waals surface area contributed by atoms with E-state index >= 15 is 0 Å². The number of nitrogens with two attached hydrogens (primary N) is 1. The zero-order valence-electron chi connectivity index (χ0n) is 10.5. The van der Waals surface area contributed by atoms with E-state index in [0.717, 1.165) is 6.42 Å². The summed E-state index contributed by atoms with van der Waals surface area (Å²) in [5.74, 6) is 0.243. The van der Waals surface area contributed by atoms with Gasteiger partial charge in [0.25, 0.3) is 5.69 Å². The number of hydrogen-bond donors (Lipinski definition) is 2. The maximum atomic E-state index is 10.7. The molecule has 19 heavy (non-hydrogen) atoms. The third-order valence-electron chi connectivity index (χ3n) is 2.58. The monoisotopic (exact) mass is 330 g/mol. The van der Waals surface area contributed by atoms with Gasteiger partial charge in [-0.3, -0.25) is 14.9 Å². The normalized spacial score (nSPS) is 10.2. The van der Waals surface area contributed by atoms with Gasteiger partial charge in [0, 0.05) is 18.5 Å². The van der Waals surface area contributed by atoms with Crippen molar-refractivity contribution in [3.05, 3.63) is 26.3 Å². The zero-order valence-corrected chi connectivity index (χ0v) is 12.1. The lowest BCUT2D eigenvalue weighted by molar-refractivity contribution is -0.385. The Morgan fingerprint density at radius 2 is 2.26 bits per heavy atom. The van der Waals surface area contributed by atoms with Crippen LogP contribution >= 0.6 is 15.9 Å². The molecule has 7 nitrogen and oxygen atoms in total. The number of rotatable bonds is 7. The molecule has 0 aromatic carbocycles. The van der Waals surface area contributed by atoms with Gasteiger partial charge in [0.05, 0.1) is 9.40 Å². The van der Waals surface area contributed by atoms with E-state index in [1.165, 1.54) is 6.20 Å². The summed E-state index contributed by atoms with van der Waals surface area (Å²) in [4.78, 5) is 24.8. The van der Waals surface area contributed by atoms with E-state index < -0.39 is 4.92 Å².